The molecule has 0 aromatic rings. The first-order valence-corrected chi connectivity index (χ1v) is 27.4. The summed E-state index contributed by atoms with van der Waals surface area (Å²) in [6, 6.07) is 0. The van der Waals surface area contributed by atoms with Gasteiger partial charge in [-0.15, -0.1) is 0 Å². The fourth-order valence-electron chi connectivity index (χ4n) is 8.39. The third-order valence-corrected chi connectivity index (χ3v) is 12.5. The lowest BCUT2D eigenvalue weighted by Gasteiger charge is -2.18. The molecule has 0 unspecified atom stereocenters. The maximum absolute atomic E-state index is 12.8. The molecular formula is C55H106O6. The standard InChI is InChI=1S/C55H106O6/c1-5-7-9-11-13-15-17-19-20-23-28-32-36-40-44-48-55(58)61-52(49-59-53(56)46-42-38-34-30-26-18-16-14-12-10-8-6-2)50-60-54(57)47-43-39-35-31-27-24-21-22-25-29-33-37-41-45-51(3)4/h51-52H,5-50H2,1-4H3/t52-/m0/s1. The van der Waals surface area contributed by atoms with Crippen molar-refractivity contribution in [1.82, 2.24) is 0 Å². The van der Waals surface area contributed by atoms with Crippen molar-refractivity contribution in [3.8, 4) is 0 Å². The van der Waals surface area contributed by atoms with Crippen LogP contribution in [-0.4, -0.2) is 37.2 Å². The Morgan fingerprint density at radius 2 is 0.541 bits per heavy atom. The summed E-state index contributed by atoms with van der Waals surface area (Å²) < 4.78 is 16.8. The Balaban J connectivity index is 4.29. The van der Waals surface area contributed by atoms with Crippen molar-refractivity contribution in [3.63, 3.8) is 0 Å². The Morgan fingerprint density at radius 3 is 0.803 bits per heavy atom. The molecule has 0 amide bonds. The van der Waals surface area contributed by atoms with Gasteiger partial charge in [0.2, 0.25) is 0 Å². The van der Waals surface area contributed by atoms with E-state index >= 15 is 0 Å². The lowest BCUT2D eigenvalue weighted by Crippen LogP contribution is -2.30. The van der Waals surface area contributed by atoms with Crippen molar-refractivity contribution in [3.05, 3.63) is 0 Å². The van der Waals surface area contributed by atoms with E-state index in [9.17, 15) is 14.4 Å². The molecule has 0 spiro atoms. The summed E-state index contributed by atoms with van der Waals surface area (Å²) in [5.41, 5.74) is 0. The molecule has 0 saturated carbocycles. The lowest BCUT2D eigenvalue weighted by atomic mass is 10.0. The average molecular weight is 863 g/mol. The summed E-state index contributed by atoms with van der Waals surface area (Å²) >= 11 is 0. The molecule has 0 fully saturated rings. The molecule has 6 heteroatoms. The number of carbonyl (C=O) groups excluding carboxylic acids is 3. The minimum Gasteiger partial charge on any atom is -0.462 e. The van der Waals surface area contributed by atoms with Crippen LogP contribution in [-0.2, 0) is 28.6 Å². The minimum atomic E-state index is -0.761. The number of rotatable bonds is 50. The molecule has 0 aliphatic rings. The molecule has 0 radical (unpaired) electrons. The predicted molar refractivity (Wildman–Crippen MR) is 261 cm³/mol. The molecule has 0 saturated heterocycles. The highest BCUT2D eigenvalue weighted by Crippen LogP contribution is 2.17. The summed E-state index contributed by atoms with van der Waals surface area (Å²) in [4.78, 5) is 38.0. The van der Waals surface area contributed by atoms with Gasteiger partial charge in [-0.2, -0.15) is 0 Å². The third-order valence-electron chi connectivity index (χ3n) is 12.5. The predicted octanol–water partition coefficient (Wildman–Crippen LogP) is 17.8. The van der Waals surface area contributed by atoms with E-state index in [2.05, 4.69) is 27.7 Å². The normalized spacial score (nSPS) is 12.0. The van der Waals surface area contributed by atoms with Gasteiger partial charge in [-0.3, -0.25) is 14.4 Å². The van der Waals surface area contributed by atoms with Gasteiger partial charge in [-0.05, 0) is 25.2 Å². The highest BCUT2D eigenvalue weighted by Gasteiger charge is 2.19. The van der Waals surface area contributed by atoms with E-state index in [4.69, 9.17) is 14.2 Å². The van der Waals surface area contributed by atoms with Crippen molar-refractivity contribution in [1.29, 1.82) is 0 Å². The topological polar surface area (TPSA) is 78.9 Å². The van der Waals surface area contributed by atoms with Crippen molar-refractivity contribution in [2.45, 2.75) is 316 Å². The second-order valence-corrected chi connectivity index (χ2v) is 19.3. The number of hydrogen-bond donors (Lipinski definition) is 0. The van der Waals surface area contributed by atoms with Gasteiger partial charge in [-0.25, -0.2) is 0 Å². The second-order valence-electron chi connectivity index (χ2n) is 19.3. The van der Waals surface area contributed by atoms with E-state index in [0.29, 0.717) is 19.3 Å². The largest absolute Gasteiger partial charge is 0.462 e. The van der Waals surface area contributed by atoms with Gasteiger partial charge < -0.3 is 14.2 Å². The second kappa shape index (κ2) is 49.4. The zero-order valence-corrected chi connectivity index (χ0v) is 41.6. The summed E-state index contributed by atoms with van der Waals surface area (Å²) in [6.07, 6.45) is 52.3. The number of hydrogen-bond acceptors (Lipinski definition) is 6. The van der Waals surface area contributed by atoms with Gasteiger partial charge in [0.1, 0.15) is 13.2 Å². The molecule has 0 aliphatic heterocycles. The fourth-order valence-corrected chi connectivity index (χ4v) is 8.39. The van der Waals surface area contributed by atoms with E-state index in [1.165, 1.54) is 205 Å². The van der Waals surface area contributed by atoms with Gasteiger partial charge >= 0.3 is 17.9 Å². The maximum Gasteiger partial charge on any atom is 0.306 e. The van der Waals surface area contributed by atoms with E-state index in [-0.39, 0.29) is 31.1 Å². The first kappa shape index (κ1) is 59.4. The molecule has 0 rings (SSSR count). The Kier molecular flexibility index (Phi) is 48.1. The molecular weight excluding hydrogens is 757 g/mol. The average Bonchev–Trinajstić information content (AvgIpc) is 3.24. The Morgan fingerprint density at radius 1 is 0.311 bits per heavy atom. The van der Waals surface area contributed by atoms with Crippen LogP contribution in [0.4, 0.5) is 0 Å². The van der Waals surface area contributed by atoms with Gasteiger partial charge in [0.25, 0.3) is 0 Å². The van der Waals surface area contributed by atoms with E-state index in [1.807, 2.05) is 0 Å². The summed E-state index contributed by atoms with van der Waals surface area (Å²) in [7, 11) is 0. The van der Waals surface area contributed by atoms with E-state index in [1.54, 1.807) is 0 Å². The van der Waals surface area contributed by atoms with Crippen LogP contribution in [0.1, 0.15) is 310 Å². The molecule has 6 nitrogen and oxygen atoms in total. The highest BCUT2D eigenvalue weighted by atomic mass is 16.6. The Hall–Kier alpha value is -1.59. The number of unbranched alkanes of at least 4 members (excludes halogenated alkanes) is 37. The fraction of sp³-hybridized carbons (Fsp3) is 0.945. The molecule has 1 atom stereocenters. The summed E-state index contributed by atoms with van der Waals surface area (Å²) in [6.45, 7) is 9.05. The molecule has 0 N–H and O–H groups in total. The SMILES string of the molecule is CCCCCCCCCCCCCCCCCC(=O)O[C@@H](COC(=O)CCCCCCCCCCCCCC)COC(=O)CCCCCCCCCCCCCCCC(C)C. The van der Waals surface area contributed by atoms with Crippen molar-refractivity contribution >= 4 is 17.9 Å². The first-order chi connectivity index (χ1) is 29.9. The zero-order chi connectivity index (χ0) is 44.5. The number of ether oxygens (including phenoxy) is 3. The van der Waals surface area contributed by atoms with Crippen LogP contribution in [0.3, 0.4) is 0 Å². The van der Waals surface area contributed by atoms with Crippen LogP contribution in [0.5, 0.6) is 0 Å². The molecule has 0 bridgehead atoms. The first-order valence-electron chi connectivity index (χ1n) is 27.4. The maximum atomic E-state index is 12.8. The summed E-state index contributed by atoms with van der Waals surface area (Å²) in [5.74, 6) is 0.000429. The van der Waals surface area contributed by atoms with Crippen LogP contribution >= 0.6 is 0 Å². The van der Waals surface area contributed by atoms with Crippen LogP contribution in [0.15, 0.2) is 0 Å². The highest BCUT2D eigenvalue weighted by molar-refractivity contribution is 5.71. The van der Waals surface area contributed by atoms with E-state index < -0.39 is 6.10 Å². The van der Waals surface area contributed by atoms with Gasteiger partial charge in [0.15, 0.2) is 6.10 Å². The molecule has 362 valence electrons. The Bertz CT molecular complexity index is 918. The van der Waals surface area contributed by atoms with Crippen molar-refractivity contribution in [2.75, 3.05) is 13.2 Å². The van der Waals surface area contributed by atoms with Crippen LogP contribution in [0.25, 0.3) is 0 Å². The number of esters is 3. The number of carbonyl (C=O) groups is 3. The third kappa shape index (κ3) is 49.3. The monoisotopic (exact) mass is 863 g/mol. The Labute approximate surface area is 380 Å². The van der Waals surface area contributed by atoms with Crippen LogP contribution < -0.4 is 0 Å². The van der Waals surface area contributed by atoms with Gasteiger partial charge in [0, 0.05) is 19.3 Å². The van der Waals surface area contributed by atoms with E-state index in [0.717, 1.165) is 63.7 Å². The summed E-state index contributed by atoms with van der Waals surface area (Å²) in [5, 5.41) is 0. The van der Waals surface area contributed by atoms with Crippen molar-refractivity contribution < 1.29 is 28.6 Å². The molecule has 0 heterocycles. The zero-order valence-electron chi connectivity index (χ0n) is 41.6. The smallest absolute Gasteiger partial charge is 0.306 e. The minimum absolute atomic E-state index is 0.0622. The lowest BCUT2D eigenvalue weighted by molar-refractivity contribution is -0.167. The van der Waals surface area contributed by atoms with Gasteiger partial charge in [0.05, 0.1) is 0 Å². The van der Waals surface area contributed by atoms with Crippen molar-refractivity contribution in [2.24, 2.45) is 5.92 Å². The molecule has 0 aromatic carbocycles. The quantitative estimate of drug-likeness (QED) is 0.0344. The van der Waals surface area contributed by atoms with Crippen LogP contribution in [0.2, 0.25) is 0 Å². The van der Waals surface area contributed by atoms with Gasteiger partial charge in [-0.1, -0.05) is 272 Å². The molecule has 0 aliphatic carbocycles. The molecule has 61 heavy (non-hydrogen) atoms. The molecule has 0 aromatic heterocycles. The van der Waals surface area contributed by atoms with Crippen LogP contribution in [0, 0.1) is 5.92 Å².